The SMILES string of the molecule is CCN1CCN(c2ccc(Nc3nc(N4N=CCC4c4ccccc4)c4sccc4n3)cc2)CC1. The number of hydrogen-bond donors (Lipinski definition) is 1. The third kappa shape index (κ3) is 4.47. The van der Waals surface area contributed by atoms with Gasteiger partial charge in [-0.15, -0.1) is 11.3 Å². The van der Waals surface area contributed by atoms with Crippen LogP contribution in [0, 0.1) is 0 Å². The molecule has 4 aromatic rings. The van der Waals surface area contributed by atoms with Crippen LogP contribution in [0.25, 0.3) is 10.2 Å². The predicted molar refractivity (Wildman–Crippen MR) is 146 cm³/mol. The highest BCUT2D eigenvalue weighted by Gasteiger charge is 2.27. The molecule has 1 atom stereocenters. The molecule has 2 aliphatic heterocycles. The molecule has 2 aliphatic rings. The van der Waals surface area contributed by atoms with Crippen LogP contribution in [-0.2, 0) is 0 Å². The number of aromatic nitrogens is 2. The van der Waals surface area contributed by atoms with Crippen LogP contribution in [0.2, 0.25) is 0 Å². The van der Waals surface area contributed by atoms with Crippen molar-refractivity contribution in [2.75, 3.05) is 47.9 Å². The molecule has 0 amide bonds. The number of hydrogen-bond acceptors (Lipinski definition) is 8. The average molecular weight is 484 g/mol. The van der Waals surface area contributed by atoms with E-state index < -0.39 is 0 Å². The second kappa shape index (κ2) is 9.64. The Morgan fingerprint density at radius 1 is 0.943 bits per heavy atom. The lowest BCUT2D eigenvalue weighted by Crippen LogP contribution is -2.46. The first-order chi connectivity index (χ1) is 17.3. The van der Waals surface area contributed by atoms with Crippen LogP contribution in [0.3, 0.4) is 0 Å². The molecular weight excluding hydrogens is 454 g/mol. The molecule has 0 radical (unpaired) electrons. The summed E-state index contributed by atoms with van der Waals surface area (Å²) in [4.78, 5) is 14.7. The highest BCUT2D eigenvalue weighted by molar-refractivity contribution is 7.17. The third-order valence-corrected chi connectivity index (χ3v) is 7.72. The smallest absolute Gasteiger partial charge is 0.229 e. The van der Waals surface area contributed by atoms with Crippen molar-refractivity contribution in [3.05, 3.63) is 71.6 Å². The zero-order chi connectivity index (χ0) is 23.6. The Morgan fingerprint density at radius 2 is 1.74 bits per heavy atom. The summed E-state index contributed by atoms with van der Waals surface area (Å²) in [5.41, 5.74) is 4.41. The van der Waals surface area contributed by atoms with Crippen LogP contribution in [0.4, 0.5) is 23.1 Å². The van der Waals surface area contributed by atoms with Crippen LogP contribution in [-0.4, -0.2) is 53.8 Å². The highest BCUT2D eigenvalue weighted by atomic mass is 32.1. The fourth-order valence-electron chi connectivity index (χ4n) is 4.84. The van der Waals surface area contributed by atoms with Gasteiger partial charge in [-0.05, 0) is 47.8 Å². The number of anilines is 4. The molecule has 1 unspecified atom stereocenters. The van der Waals surface area contributed by atoms with Gasteiger partial charge in [-0.3, -0.25) is 0 Å². The molecule has 0 bridgehead atoms. The number of nitrogens with one attached hydrogen (secondary N) is 1. The molecule has 6 rings (SSSR count). The van der Waals surface area contributed by atoms with E-state index in [0.29, 0.717) is 5.95 Å². The molecule has 2 aromatic heterocycles. The van der Waals surface area contributed by atoms with Gasteiger partial charge in [0.1, 0.15) is 0 Å². The number of thiophene rings is 1. The minimum absolute atomic E-state index is 0.136. The minimum atomic E-state index is 0.136. The fraction of sp³-hybridized carbons (Fsp3) is 0.296. The number of hydrazone groups is 1. The lowest BCUT2D eigenvalue weighted by atomic mass is 10.0. The number of nitrogens with zero attached hydrogens (tertiary/aromatic N) is 6. The summed E-state index contributed by atoms with van der Waals surface area (Å²) < 4.78 is 1.05. The van der Waals surface area contributed by atoms with E-state index in [1.165, 1.54) is 11.3 Å². The lowest BCUT2D eigenvalue weighted by Gasteiger charge is -2.35. The summed E-state index contributed by atoms with van der Waals surface area (Å²) in [6.45, 7) is 7.74. The standard InChI is InChI=1S/C27H29N7S/c1-2-32-15-17-33(18-16-32)22-10-8-21(9-11-22)29-27-30-23-13-19-35-25(23)26(31-27)34-24(12-14-28-34)20-6-4-3-5-7-20/h3-11,13-14,19,24H,2,12,15-18H2,1H3,(H,29,30,31). The Hall–Kier alpha value is -3.49. The molecule has 1 saturated heterocycles. The van der Waals surface area contributed by atoms with Gasteiger partial charge in [0.2, 0.25) is 5.95 Å². The van der Waals surface area contributed by atoms with Crippen LogP contribution in [0.5, 0.6) is 0 Å². The number of fused-ring (bicyclic) bond motifs is 1. The van der Waals surface area contributed by atoms with Gasteiger partial charge in [0.05, 0.1) is 16.3 Å². The molecule has 7 nitrogen and oxygen atoms in total. The summed E-state index contributed by atoms with van der Waals surface area (Å²) >= 11 is 1.66. The molecule has 2 aromatic carbocycles. The van der Waals surface area contributed by atoms with Crippen molar-refractivity contribution in [1.82, 2.24) is 14.9 Å². The van der Waals surface area contributed by atoms with Crippen molar-refractivity contribution in [3.8, 4) is 0 Å². The number of benzene rings is 2. The molecule has 178 valence electrons. The van der Waals surface area contributed by atoms with E-state index in [0.717, 1.165) is 60.9 Å². The second-order valence-electron chi connectivity index (χ2n) is 8.90. The van der Waals surface area contributed by atoms with E-state index in [-0.39, 0.29) is 6.04 Å². The van der Waals surface area contributed by atoms with Crippen molar-refractivity contribution in [3.63, 3.8) is 0 Å². The first-order valence-electron chi connectivity index (χ1n) is 12.2. The Labute approximate surface area is 209 Å². The lowest BCUT2D eigenvalue weighted by molar-refractivity contribution is 0.271. The molecule has 4 heterocycles. The van der Waals surface area contributed by atoms with E-state index in [1.54, 1.807) is 11.3 Å². The van der Waals surface area contributed by atoms with Crippen molar-refractivity contribution in [1.29, 1.82) is 0 Å². The van der Waals surface area contributed by atoms with Crippen molar-refractivity contribution >= 4 is 50.9 Å². The van der Waals surface area contributed by atoms with Gasteiger partial charge in [0, 0.05) is 50.2 Å². The second-order valence-corrected chi connectivity index (χ2v) is 9.82. The minimum Gasteiger partial charge on any atom is -0.369 e. The van der Waals surface area contributed by atoms with Gasteiger partial charge < -0.3 is 15.1 Å². The summed E-state index contributed by atoms with van der Waals surface area (Å²) in [6.07, 6.45) is 2.84. The normalized spacial score (nSPS) is 18.5. The van der Waals surface area contributed by atoms with Crippen LogP contribution >= 0.6 is 11.3 Å². The molecule has 1 fully saturated rings. The zero-order valence-corrected chi connectivity index (χ0v) is 20.7. The van der Waals surface area contributed by atoms with Gasteiger partial charge >= 0.3 is 0 Å². The summed E-state index contributed by atoms with van der Waals surface area (Å²) in [5.74, 6) is 1.43. The van der Waals surface area contributed by atoms with Crippen LogP contribution in [0.1, 0.15) is 24.9 Å². The van der Waals surface area contributed by atoms with Gasteiger partial charge in [-0.2, -0.15) is 10.1 Å². The summed E-state index contributed by atoms with van der Waals surface area (Å²) in [5, 5.41) is 12.2. The van der Waals surface area contributed by atoms with Crippen molar-refractivity contribution in [2.24, 2.45) is 5.10 Å². The van der Waals surface area contributed by atoms with Gasteiger partial charge in [0.15, 0.2) is 5.82 Å². The van der Waals surface area contributed by atoms with E-state index in [1.807, 2.05) is 23.4 Å². The Balaban J connectivity index is 1.24. The molecule has 8 heteroatoms. The number of piperazine rings is 1. The zero-order valence-electron chi connectivity index (χ0n) is 19.8. The Kier molecular flexibility index (Phi) is 6.06. The van der Waals surface area contributed by atoms with E-state index >= 15 is 0 Å². The largest absolute Gasteiger partial charge is 0.369 e. The summed E-state index contributed by atoms with van der Waals surface area (Å²) in [7, 11) is 0. The first-order valence-corrected chi connectivity index (χ1v) is 13.1. The van der Waals surface area contributed by atoms with Gasteiger partial charge in [-0.1, -0.05) is 37.3 Å². The van der Waals surface area contributed by atoms with Gasteiger partial charge in [-0.25, -0.2) is 9.99 Å². The van der Waals surface area contributed by atoms with Gasteiger partial charge in [0.25, 0.3) is 0 Å². The van der Waals surface area contributed by atoms with E-state index in [2.05, 4.69) is 76.0 Å². The summed E-state index contributed by atoms with van der Waals surface area (Å²) in [6, 6.07) is 21.3. The molecule has 0 spiro atoms. The Morgan fingerprint density at radius 3 is 2.51 bits per heavy atom. The first kappa shape index (κ1) is 22.0. The predicted octanol–water partition coefficient (Wildman–Crippen LogP) is 5.51. The Bertz CT molecular complexity index is 1310. The van der Waals surface area contributed by atoms with Crippen molar-refractivity contribution < 1.29 is 0 Å². The maximum Gasteiger partial charge on any atom is 0.229 e. The van der Waals surface area contributed by atoms with Crippen molar-refractivity contribution in [2.45, 2.75) is 19.4 Å². The van der Waals surface area contributed by atoms with E-state index in [4.69, 9.17) is 15.1 Å². The average Bonchev–Trinajstić information content (AvgIpc) is 3.59. The molecular formula is C27H29N7S. The van der Waals surface area contributed by atoms with Crippen LogP contribution < -0.4 is 15.2 Å². The quantitative estimate of drug-likeness (QED) is 0.390. The van der Waals surface area contributed by atoms with E-state index in [9.17, 15) is 0 Å². The number of likely N-dealkylation sites (N-methyl/N-ethyl adjacent to an activating group) is 1. The topological polar surface area (TPSA) is 59.9 Å². The maximum atomic E-state index is 4.94. The fourth-order valence-corrected chi connectivity index (χ4v) is 5.65. The molecule has 0 saturated carbocycles. The molecule has 0 aliphatic carbocycles. The number of rotatable bonds is 6. The molecule has 35 heavy (non-hydrogen) atoms. The third-order valence-electron chi connectivity index (χ3n) is 6.83. The van der Waals surface area contributed by atoms with Crippen LogP contribution in [0.15, 0.2) is 71.1 Å². The maximum absolute atomic E-state index is 4.94. The highest BCUT2D eigenvalue weighted by Crippen LogP contribution is 2.38. The monoisotopic (exact) mass is 483 g/mol. The molecule has 1 N–H and O–H groups in total.